The fourth-order valence-electron chi connectivity index (χ4n) is 2.34. The number of carbonyl (C=O) groups excluding carboxylic acids is 2. The summed E-state index contributed by atoms with van der Waals surface area (Å²) in [6, 6.07) is 12.6. The van der Waals surface area contributed by atoms with Crippen LogP contribution in [0.1, 0.15) is 26.3 Å². The highest BCUT2D eigenvalue weighted by Gasteiger charge is 2.17. The molecule has 2 rings (SSSR count). The highest BCUT2D eigenvalue weighted by atomic mass is 16.6. The first kappa shape index (κ1) is 21.1. The summed E-state index contributed by atoms with van der Waals surface area (Å²) < 4.78 is 16.3. The van der Waals surface area contributed by atoms with Gasteiger partial charge in [-0.3, -0.25) is 4.79 Å². The Bertz CT molecular complexity index is 843. The Morgan fingerprint density at radius 1 is 1.04 bits per heavy atom. The first-order valence-corrected chi connectivity index (χ1v) is 8.85. The van der Waals surface area contributed by atoms with Crippen LogP contribution in [0, 0.1) is 6.92 Å². The van der Waals surface area contributed by atoms with Gasteiger partial charge in [-0.15, -0.1) is 0 Å². The van der Waals surface area contributed by atoms with Crippen molar-refractivity contribution in [2.24, 2.45) is 0 Å². The van der Waals surface area contributed by atoms with E-state index < -0.39 is 17.6 Å². The number of rotatable bonds is 6. The molecule has 0 bridgehead atoms. The van der Waals surface area contributed by atoms with E-state index in [9.17, 15) is 9.59 Å². The summed E-state index contributed by atoms with van der Waals surface area (Å²) in [5, 5.41) is 5.15. The van der Waals surface area contributed by atoms with Crippen LogP contribution in [0.4, 0.5) is 10.5 Å². The van der Waals surface area contributed by atoms with Gasteiger partial charge >= 0.3 is 6.09 Å². The molecule has 150 valence electrons. The Balaban J connectivity index is 2.03. The molecule has 0 saturated carbocycles. The Labute approximate surface area is 165 Å². The lowest BCUT2D eigenvalue weighted by Crippen LogP contribution is -2.37. The molecule has 0 aliphatic heterocycles. The molecule has 0 unspecified atom stereocenters. The van der Waals surface area contributed by atoms with Crippen molar-refractivity contribution >= 4 is 17.7 Å². The standard InChI is InChI=1S/C21H26N2O5/c1-14-10-15(26-5)12-16(11-14)27-18-9-7-6-8-17(18)23-19(24)13-22-20(25)28-21(2,3)4/h6-12H,13H2,1-5H3,(H,22,25)(H,23,24). The maximum atomic E-state index is 12.2. The number of alkyl carbamates (subject to hydrolysis) is 1. The molecular formula is C21H26N2O5. The predicted molar refractivity (Wildman–Crippen MR) is 107 cm³/mol. The van der Waals surface area contributed by atoms with E-state index in [0.717, 1.165) is 5.56 Å². The number of ether oxygens (including phenoxy) is 3. The van der Waals surface area contributed by atoms with E-state index in [-0.39, 0.29) is 6.54 Å². The number of nitrogens with one attached hydrogen (secondary N) is 2. The molecule has 2 N–H and O–H groups in total. The van der Waals surface area contributed by atoms with Gasteiger partial charge in [0, 0.05) is 6.07 Å². The van der Waals surface area contributed by atoms with Crippen molar-refractivity contribution in [3.05, 3.63) is 48.0 Å². The third-order valence-electron chi connectivity index (χ3n) is 3.44. The second-order valence-electron chi connectivity index (χ2n) is 7.19. The molecule has 0 radical (unpaired) electrons. The van der Waals surface area contributed by atoms with Gasteiger partial charge in [-0.2, -0.15) is 0 Å². The molecule has 0 aliphatic carbocycles. The van der Waals surface area contributed by atoms with Crippen LogP contribution in [0.15, 0.2) is 42.5 Å². The number of aryl methyl sites for hydroxylation is 1. The number of para-hydroxylation sites is 2. The van der Waals surface area contributed by atoms with Gasteiger partial charge in [0.05, 0.1) is 12.8 Å². The van der Waals surface area contributed by atoms with Gasteiger partial charge < -0.3 is 24.8 Å². The maximum Gasteiger partial charge on any atom is 0.408 e. The quantitative estimate of drug-likeness (QED) is 0.775. The molecule has 0 atom stereocenters. The first-order chi connectivity index (χ1) is 13.2. The molecule has 2 amide bonds. The molecule has 2 aromatic carbocycles. The van der Waals surface area contributed by atoms with Crippen molar-refractivity contribution in [2.45, 2.75) is 33.3 Å². The highest BCUT2D eigenvalue weighted by molar-refractivity contribution is 5.95. The third kappa shape index (κ3) is 6.83. The van der Waals surface area contributed by atoms with Crippen LogP contribution in [0.2, 0.25) is 0 Å². The van der Waals surface area contributed by atoms with Gasteiger partial charge in [-0.1, -0.05) is 12.1 Å². The highest BCUT2D eigenvalue weighted by Crippen LogP contribution is 2.31. The topological polar surface area (TPSA) is 85.9 Å². The van der Waals surface area contributed by atoms with Crippen LogP contribution in [-0.4, -0.2) is 31.3 Å². The second-order valence-corrected chi connectivity index (χ2v) is 7.19. The lowest BCUT2D eigenvalue weighted by molar-refractivity contribution is -0.115. The summed E-state index contributed by atoms with van der Waals surface area (Å²) >= 11 is 0. The Hall–Kier alpha value is -3.22. The lowest BCUT2D eigenvalue weighted by atomic mass is 10.2. The Morgan fingerprint density at radius 3 is 2.39 bits per heavy atom. The minimum Gasteiger partial charge on any atom is -0.497 e. The molecule has 7 heteroatoms. The van der Waals surface area contributed by atoms with E-state index >= 15 is 0 Å². The molecule has 0 fully saturated rings. The minimum absolute atomic E-state index is 0.221. The van der Waals surface area contributed by atoms with Gasteiger partial charge in [0.1, 0.15) is 23.6 Å². The van der Waals surface area contributed by atoms with Gasteiger partial charge in [0.25, 0.3) is 0 Å². The summed E-state index contributed by atoms with van der Waals surface area (Å²) in [6.45, 7) is 6.97. The number of anilines is 1. The van der Waals surface area contributed by atoms with E-state index in [2.05, 4.69) is 10.6 Å². The fourth-order valence-corrected chi connectivity index (χ4v) is 2.34. The number of amides is 2. The number of hydrogen-bond acceptors (Lipinski definition) is 5. The van der Waals surface area contributed by atoms with Crippen LogP contribution >= 0.6 is 0 Å². The van der Waals surface area contributed by atoms with Gasteiger partial charge in [0.15, 0.2) is 5.75 Å². The fraction of sp³-hybridized carbons (Fsp3) is 0.333. The number of hydrogen-bond donors (Lipinski definition) is 2. The maximum absolute atomic E-state index is 12.2. The molecule has 0 heterocycles. The van der Waals surface area contributed by atoms with E-state index in [1.165, 1.54) is 0 Å². The summed E-state index contributed by atoms with van der Waals surface area (Å²) in [6.07, 6.45) is -0.654. The second kappa shape index (κ2) is 9.12. The summed E-state index contributed by atoms with van der Waals surface area (Å²) in [4.78, 5) is 23.9. The smallest absolute Gasteiger partial charge is 0.408 e. The molecule has 0 aromatic heterocycles. The largest absolute Gasteiger partial charge is 0.497 e. The number of methoxy groups -OCH3 is 1. The van der Waals surface area contributed by atoms with Crippen LogP contribution < -0.4 is 20.1 Å². The zero-order valence-corrected chi connectivity index (χ0v) is 16.8. The molecule has 28 heavy (non-hydrogen) atoms. The lowest BCUT2D eigenvalue weighted by Gasteiger charge is -2.19. The Kier molecular flexibility index (Phi) is 6.87. The third-order valence-corrected chi connectivity index (χ3v) is 3.44. The van der Waals surface area contributed by atoms with E-state index in [1.807, 2.05) is 19.1 Å². The van der Waals surface area contributed by atoms with Crippen LogP contribution in [0.5, 0.6) is 17.2 Å². The SMILES string of the molecule is COc1cc(C)cc(Oc2ccccc2NC(=O)CNC(=O)OC(C)(C)C)c1. The van der Waals surface area contributed by atoms with Crippen molar-refractivity contribution in [3.8, 4) is 17.2 Å². The predicted octanol–water partition coefficient (Wildman–Crippen LogP) is 4.26. The van der Waals surface area contributed by atoms with Crippen molar-refractivity contribution < 1.29 is 23.8 Å². The molecule has 0 aliphatic rings. The van der Waals surface area contributed by atoms with E-state index in [1.54, 1.807) is 58.2 Å². The van der Waals surface area contributed by atoms with Gasteiger partial charge in [-0.05, 0) is 57.5 Å². The summed E-state index contributed by atoms with van der Waals surface area (Å²) in [5.41, 5.74) is 0.840. The summed E-state index contributed by atoms with van der Waals surface area (Å²) in [7, 11) is 1.59. The van der Waals surface area contributed by atoms with Crippen LogP contribution in [0.3, 0.4) is 0 Å². The van der Waals surface area contributed by atoms with Crippen LogP contribution in [-0.2, 0) is 9.53 Å². The summed E-state index contributed by atoms with van der Waals surface area (Å²) in [5.74, 6) is 1.34. The van der Waals surface area contributed by atoms with Crippen LogP contribution in [0.25, 0.3) is 0 Å². The molecule has 0 saturated heterocycles. The number of carbonyl (C=O) groups is 2. The Morgan fingerprint density at radius 2 is 1.71 bits per heavy atom. The van der Waals surface area contributed by atoms with Crippen molar-refractivity contribution in [1.29, 1.82) is 0 Å². The average Bonchev–Trinajstić information content (AvgIpc) is 2.59. The normalized spacial score (nSPS) is 10.8. The van der Waals surface area contributed by atoms with Crippen molar-refractivity contribution in [2.75, 3.05) is 19.0 Å². The minimum atomic E-state index is -0.654. The zero-order valence-electron chi connectivity index (χ0n) is 16.8. The van der Waals surface area contributed by atoms with E-state index in [4.69, 9.17) is 14.2 Å². The number of benzene rings is 2. The molecule has 7 nitrogen and oxygen atoms in total. The molecular weight excluding hydrogens is 360 g/mol. The van der Waals surface area contributed by atoms with Crippen molar-refractivity contribution in [1.82, 2.24) is 5.32 Å². The van der Waals surface area contributed by atoms with Gasteiger partial charge in [0.2, 0.25) is 5.91 Å². The first-order valence-electron chi connectivity index (χ1n) is 8.85. The monoisotopic (exact) mass is 386 g/mol. The zero-order chi connectivity index (χ0) is 20.7. The van der Waals surface area contributed by atoms with Crippen molar-refractivity contribution in [3.63, 3.8) is 0 Å². The average molecular weight is 386 g/mol. The van der Waals surface area contributed by atoms with E-state index in [0.29, 0.717) is 22.9 Å². The molecule has 2 aromatic rings. The molecule has 0 spiro atoms. The van der Waals surface area contributed by atoms with Gasteiger partial charge in [-0.25, -0.2) is 4.79 Å².